The molecule has 0 unspecified atom stereocenters. The molecule has 5 nitrogen and oxygen atoms in total. The summed E-state index contributed by atoms with van der Waals surface area (Å²) in [4.78, 5) is 14.6. The average Bonchev–Trinajstić information content (AvgIpc) is 2.72. The summed E-state index contributed by atoms with van der Waals surface area (Å²) in [6.45, 7) is 2.61. The summed E-state index contributed by atoms with van der Waals surface area (Å²) in [5.74, 6) is 0.0233. The van der Waals surface area contributed by atoms with Crippen LogP contribution in [0.3, 0.4) is 0 Å². The molecule has 1 aliphatic carbocycles. The minimum absolute atomic E-state index is 0. The molecule has 0 saturated heterocycles. The second-order valence-corrected chi connectivity index (χ2v) is 10.7. The zero-order valence-corrected chi connectivity index (χ0v) is 20.3. The first-order valence-corrected chi connectivity index (χ1v) is 12.4. The summed E-state index contributed by atoms with van der Waals surface area (Å²) in [6, 6.07) is 14.8. The molecule has 1 amide bonds. The van der Waals surface area contributed by atoms with Gasteiger partial charge in [-0.2, -0.15) is 0 Å². The van der Waals surface area contributed by atoms with Gasteiger partial charge in [0.1, 0.15) is 0 Å². The van der Waals surface area contributed by atoms with Gasteiger partial charge in [-0.15, -0.1) is 12.4 Å². The minimum Gasteiger partial charge on any atom is -0.336 e. The van der Waals surface area contributed by atoms with E-state index in [0.29, 0.717) is 18.1 Å². The van der Waals surface area contributed by atoms with Crippen molar-refractivity contribution in [2.24, 2.45) is 5.73 Å². The highest BCUT2D eigenvalue weighted by Gasteiger charge is 2.38. The van der Waals surface area contributed by atoms with Gasteiger partial charge < -0.3 is 10.6 Å². The van der Waals surface area contributed by atoms with Gasteiger partial charge in [-0.25, -0.2) is 8.42 Å². The maximum absolute atomic E-state index is 12.4. The van der Waals surface area contributed by atoms with Crippen LogP contribution in [0, 0.1) is 0 Å². The molecule has 0 atom stereocenters. The molecule has 0 aromatic heterocycles. The fourth-order valence-corrected chi connectivity index (χ4v) is 5.25. The number of carbonyl (C=O) groups is 1. The number of nitrogens with zero attached hydrogens (tertiary/aromatic N) is 1. The first-order chi connectivity index (χ1) is 14.1. The lowest BCUT2D eigenvalue weighted by molar-refractivity contribution is -0.132. The Bertz CT molecular complexity index is 1000. The van der Waals surface area contributed by atoms with Crippen LogP contribution >= 0.6 is 24.0 Å². The second-order valence-electron chi connectivity index (χ2n) is 8.29. The van der Waals surface area contributed by atoms with Gasteiger partial charge in [-0.1, -0.05) is 35.9 Å². The molecule has 2 aromatic rings. The lowest BCUT2D eigenvalue weighted by atomic mass is 9.68. The maximum atomic E-state index is 12.4. The molecule has 2 aromatic carbocycles. The molecule has 170 valence electrons. The van der Waals surface area contributed by atoms with Crippen molar-refractivity contribution in [3.63, 3.8) is 0 Å². The van der Waals surface area contributed by atoms with Crippen LogP contribution in [0.2, 0.25) is 5.02 Å². The summed E-state index contributed by atoms with van der Waals surface area (Å²) in [5.41, 5.74) is 8.18. The number of nitrogens with two attached hydrogens (primary N) is 1. The van der Waals surface area contributed by atoms with E-state index < -0.39 is 9.84 Å². The Labute approximate surface area is 196 Å². The maximum Gasteiger partial charge on any atom is 0.219 e. The van der Waals surface area contributed by atoms with Crippen molar-refractivity contribution in [2.45, 2.75) is 55.5 Å². The monoisotopic (exact) mass is 484 g/mol. The van der Waals surface area contributed by atoms with E-state index in [1.807, 2.05) is 23.1 Å². The summed E-state index contributed by atoms with van der Waals surface area (Å²) >= 11 is 6.20. The third-order valence-corrected chi connectivity index (χ3v) is 7.65. The largest absolute Gasteiger partial charge is 0.336 e. The quantitative estimate of drug-likeness (QED) is 0.660. The molecule has 2 N–H and O–H groups in total. The molecule has 0 spiro atoms. The number of sulfone groups is 1. The molecule has 8 heteroatoms. The average molecular weight is 485 g/mol. The summed E-state index contributed by atoms with van der Waals surface area (Å²) in [7, 11) is -3.23. The Morgan fingerprint density at radius 3 is 2.26 bits per heavy atom. The lowest BCUT2D eigenvalue weighted by Crippen LogP contribution is -2.46. The number of hydrogen-bond acceptors (Lipinski definition) is 4. The third kappa shape index (κ3) is 6.01. The van der Waals surface area contributed by atoms with Crippen molar-refractivity contribution in [2.75, 3.05) is 12.8 Å². The summed E-state index contributed by atoms with van der Waals surface area (Å²) < 4.78 is 23.3. The van der Waals surface area contributed by atoms with Gasteiger partial charge in [0.15, 0.2) is 9.84 Å². The van der Waals surface area contributed by atoms with Gasteiger partial charge in [-0.3, -0.25) is 4.79 Å². The standard InChI is InChI=1S/C23H29ClN2O3S.ClH/c1-17(27)26(15-18-6-8-22(9-7-18)30(2,28)29)21-10-12-23(16-25,13-11-21)19-4-3-5-20(24)14-19;/h3-9,14,21H,10-13,15-16,25H2,1-2H3;1H/t21-,23-;. The van der Waals surface area contributed by atoms with Crippen LogP contribution in [0.5, 0.6) is 0 Å². The van der Waals surface area contributed by atoms with Gasteiger partial charge in [-0.05, 0) is 61.1 Å². The number of halogens is 2. The zero-order valence-electron chi connectivity index (χ0n) is 17.9. The first-order valence-electron chi connectivity index (χ1n) is 10.2. The molecular formula is C23H30Cl2N2O3S. The number of amides is 1. The normalized spacial score (nSPS) is 21.2. The molecule has 0 radical (unpaired) electrons. The van der Waals surface area contributed by atoms with E-state index in [2.05, 4.69) is 6.07 Å². The van der Waals surface area contributed by atoms with E-state index >= 15 is 0 Å². The van der Waals surface area contributed by atoms with E-state index in [9.17, 15) is 13.2 Å². The number of rotatable bonds is 6. The van der Waals surface area contributed by atoms with Crippen molar-refractivity contribution >= 4 is 39.8 Å². The van der Waals surface area contributed by atoms with Crippen molar-refractivity contribution < 1.29 is 13.2 Å². The number of benzene rings is 2. The highest BCUT2D eigenvalue weighted by molar-refractivity contribution is 7.90. The molecule has 1 saturated carbocycles. The van der Waals surface area contributed by atoms with Crippen LogP contribution in [0.25, 0.3) is 0 Å². The van der Waals surface area contributed by atoms with Crippen molar-refractivity contribution in [1.82, 2.24) is 4.90 Å². The van der Waals surface area contributed by atoms with Gasteiger partial charge in [0.05, 0.1) is 4.90 Å². The highest BCUT2D eigenvalue weighted by Crippen LogP contribution is 2.41. The van der Waals surface area contributed by atoms with Crippen LogP contribution in [-0.2, 0) is 26.6 Å². The number of hydrogen-bond donors (Lipinski definition) is 1. The van der Waals surface area contributed by atoms with E-state index in [-0.39, 0.29) is 34.7 Å². The van der Waals surface area contributed by atoms with Crippen LogP contribution in [0.1, 0.15) is 43.7 Å². The fourth-order valence-electron chi connectivity index (χ4n) is 4.43. The lowest BCUT2D eigenvalue weighted by Gasteiger charge is -2.43. The molecule has 3 rings (SSSR count). The van der Waals surface area contributed by atoms with E-state index in [0.717, 1.165) is 31.2 Å². The second kappa shape index (κ2) is 10.3. The van der Waals surface area contributed by atoms with E-state index in [4.69, 9.17) is 17.3 Å². The Hall–Kier alpha value is -1.60. The topological polar surface area (TPSA) is 80.5 Å². The van der Waals surface area contributed by atoms with Crippen molar-refractivity contribution in [3.05, 3.63) is 64.7 Å². The Kier molecular flexibility index (Phi) is 8.56. The predicted octanol–water partition coefficient (Wildman–Crippen LogP) is 4.35. The van der Waals surface area contributed by atoms with E-state index in [1.54, 1.807) is 31.2 Å². The molecule has 0 heterocycles. The molecular weight excluding hydrogens is 455 g/mol. The summed E-state index contributed by atoms with van der Waals surface area (Å²) in [6.07, 6.45) is 4.71. The van der Waals surface area contributed by atoms with Gasteiger partial charge in [0.2, 0.25) is 5.91 Å². The molecule has 31 heavy (non-hydrogen) atoms. The fraction of sp³-hybridized carbons (Fsp3) is 0.435. The molecule has 0 bridgehead atoms. The van der Waals surface area contributed by atoms with Crippen molar-refractivity contribution in [1.29, 1.82) is 0 Å². The predicted molar refractivity (Wildman–Crippen MR) is 127 cm³/mol. The highest BCUT2D eigenvalue weighted by atomic mass is 35.5. The third-order valence-electron chi connectivity index (χ3n) is 6.29. The van der Waals surface area contributed by atoms with Gasteiger partial charge in [0, 0.05) is 42.7 Å². The Morgan fingerprint density at radius 1 is 1.16 bits per heavy atom. The summed E-state index contributed by atoms with van der Waals surface area (Å²) in [5, 5.41) is 0.713. The molecule has 1 fully saturated rings. The minimum atomic E-state index is -3.23. The zero-order chi connectivity index (χ0) is 21.9. The number of carbonyl (C=O) groups excluding carboxylic acids is 1. The van der Waals surface area contributed by atoms with Gasteiger partial charge >= 0.3 is 0 Å². The van der Waals surface area contributed by atoms with Gasteiger partial charge in [0.25, 0.3) is 0 Å². The Morgan fingerprint density at radius 2 is 1.77 bits per heavy atom. The smallest absolute Gasteiger partial charge is 0.219 e. The molecule has 1 aliphatic rings. The van der Waals surface area contributed by atoms with Crippen LogP contribution in [0.15, 0.2) is 53.4 Å². The van der Waals surface area contributed by atoms with Crippen LogP contribution < -0.4 is 5.73 Å². The van der Waals surface area contributed by atoms with E-state index in [1.165, 1.54) is 11.8 Å². The SMILES string of the molecule is CC(=O)N(Cc1ccc(S(C)(=O)=O)cc1)[C@H]1CC[C@](CN)(c2cccc(Cl)c2)CC1.Cl. The van der Waals surface area contributed by atoms with Crippen molar-refractivity contribution in [3.8, 4) is 0 Å². The first kappa shape index (κ1) is 25.7. The molecule has 0 aliphatic heterocycles. The van der Waals surface area contributed by atoms with Crippen LogP contribution in [0.4, 0.5) is 0 Å². The van der Waals surface area contributed by atoms with Crippen LogP contribution in [-0.4, -0.2) is 38.1 Å². The Balaban J connectivity index is 0.00000341.